The second-order valence-electron chi connectivity index (χ2n) is 2.12. The topological polar surface area (TPSA) is 60.2 Å². The van der Waals surface area contributed by atoms with Gasteiger partial charge in [0.05, 0.1) is 4.90 Å². The Morgan fingerprint density at radius 1 is 1.42 bits per heavy atom. The highest BCUT2D eigenvalue weighted by atomic mass is 79.9. The SMILES string of the molecule is NS(=O)(=O)c1ccc(F)cc1Br. The van der Waals surface area contributed by atoms with Crippen LogP contribution in [0.4, 0.5) is 4.39 Å². The van der Waals surface area contributed by atoms with E-state index in [9.17, 15) is 12.8 Å². The Morgan fingerprint density at radius 2 is 2.00 bits per heavy atom. The molecule has 12 heavy (non-hydrogen) atoms. The van der Waals surface area contributed by atoms with E-state index < -0.39 is 15.8 Å². The minimum absolute atomic E-state index is 0.121. The minimum Gasteiger partial charge on any atom is -0.225 e. The minimum atomic E-state index is -3.76. The van der Waals surface area contributed by atoms with Crippen LogP contribution in [-0.4, -0.2) is 8.42 Å². The number of halogens is 2. The van der Waals surface area contributed by atoms with E-state index in [1.165, 1.54) is 0 Å². The molecule has 1 rings (SSSR count). The fourth-order valence-corrected chi connectivity index (χ4v) is 2.32. The van der Waals surface area contributed by atoms with Crippen molar-refractivity contribution in [2.45, 2.75) is 4.90 Å². The van der Waals surface area contributed by atoms with Gasteiger partial charge in [-0.15, -0.1) is 0 Å². The van der Waals surface area contributed by atoms with Crippen LogP contribution in [0.3, 0.4) is 0 Å². The molecular weight excluding hydrogens is 249 g/mol. The molecule has 0 radical (unpaired) electrons. The molecule has 0 fully saturated rings. The Morgan fingerprint density at radius 3 is 2.42 bits per heavy atom. The lowest BCUT2D eigenvalue weighted by Gasteiger charge is -2.00. The number of nitrogens with two attached hydrogens (primary N) is 1. The standard InChI is InChI=1S/C6H5BrFNO2S/c7-5-3-4(8)1-2-6(5)12(9,10)11/h1-3H,(H2,9,10,11). The highest BCUT2D eigenvalue weighted by molar-refractivity contribution is 9.10. The molecule has 0 aromatic heterocycles. The predicted molar refractivity (Wildman–Crippen MR) is 45.5 cm³/mol. The van der Waals surface area contributed by atoms with Crippen molar-refractivity contribution in [3.8, 4) is 0 Å². The van der Waals surface area contributed by atoms with E-state index in [-0.39, 0.29) is 9.37 Å². The number of benzene rings is 1. The third-order valence-electron chi connectivity index (χ3n) is 1.20. The van der Waals surface area contributed by atoms with Gasteiger partial charge in [-0.25, -0.2) is 17.9 Å². The van der Waals surface area contributed by atoms with Crippen molar-refractivity contribution in [1.82, 2.24) is 0 Å². The van der Waals surface area contributed by atoms with Crippen molar-refractivity contribution in [3.05, 3.63) is 28.5 Å². The van der Waals surface area contributed by atoms with Crippen LogP contribution in [0.5, 0.6) is 0 Å². The molecule has 0 saturated carbocycles. The maximum atomic E-state index is 12.5. The quantitative estimate of drug-likeness (QED) is 0.819. The first-order chi connectivity index (χ1) is 5.41. The molecule has 0 aliphatic rings. The molecule has 66 valence electrons. The van der Waals surface area contributed by atoms with Crippen molar-refractivity contribution < 1.29 is 12.8 Å². The van der Waals surface area contributed by atoms with E-state index >= 15 is 0 Å². The van der Waals surface area contributed by atoms with E-state index in [2.05, 4.69) is 15.9 Å². The summed E-state index contributed by atoms with van der Waals surface area (Å²) >= 11 is 2.88. The summed E-state index contributed by atoms with van der Waals surface area (Å²) in [5.41, 5.74) is 0. The Kier molecular flexibility index (Phi) is 2.50. The largest absolute Gasteiger partial charge is 0.239 e. The summed E-state index contributed by atoms with van der Waals surface area (Å²) in [6.07, 6.45) is 0. The lowest BCUT2D eigenvalue weighted by Crippen LogP contribution is -2.12. The zero-order chi connectivity index (χ0) is 9.35. The zero-order valence-electron chi connectivity index (χ0n) is 5.79. The lowest BCUT2D eigenvalue weighted by molar-refractivity contribution is 0.595. The maximum absolute atomic E-state index is 12.5. The Hall–Kier alpha value is -0.460. The number of hydrogen-bond donors (Lipinski definition) is 1. The van der Waals surface area contributed by atoms with Crippen LogP contribution < -0.4 is 5.14 Å². The smallest absolute Gasteiger partial charge is 0.225 e. The first-order valence-corrected chi connectivity index (χ1v) is 5.23. The molecule has 0 bridgehead atoms. The summed E-state index contributed by atoms with van der Waals surface area (Å²) in [6, 6.07) is 3.18. The molecule has 0 aliphatic heterocycles. The summed E-state index contributed by atoms with van der Waals surface area (Å²) in [5.74, 6) is -0.519. The fraction of sp³-hybridized carbons (Fsp3) is 0. The number of rotatable bonds is 1. The maximum Gasteiger partial charge on any atom is 0.239 e. The fourth-order valence-electron chi connectivity index (χ4n) is 0.706. The predicted octanol–water partition coefficient (Wildman–Crippen LogP) is 1.24. The van der Waals surface area contributed by atoms with Gasteiger partial charge in [0, 0.05) is 4.47 Å². The van der Waals surface area contributed by atoms with Gasteiger partial charge in [-0.2, -0.15) is 0 Å². The average Bonchev–Trinajstić information content (AvgIpc) is 1.83. The van der Waals surface area contributed by atoms with Crippen molar-refractivity contribution in [2.75, 3.05) is 0 Å². The van der Waals surface area contributed by atoms with Crippen LogP contribution in [0.2, 0.25) is 0 Å². The van der Waals surface area contributed by atoms with E-state index in [0.717, 1.165) is 18.2 Å². The van der Waals surface area contributed by atoms with Crippen molar-refractivity contribution in [2.24, 2.45) is 5.14 Å². The van der Waals surface area contributed by atoms with Crippen LogP contribution in [-0.2, 0) is 10.0 Å². The Labute approximate surface area is 77.6 Å². The van der Waals surface area contributed by atoms with Gasteiger partial charge in [0.2, 0.25) is 10.0 Å². The van der Waals surface area contributed by atoms with Gasteiger partial charge in [0.25, 0.3) is 0 Å². The molecule has 1 aromatic carbocycles. The summed E-state index contributed by atoms with van der Waals surface area (Å²) < 4.78 is 34.2. The molecule has 0 amide bonds. The molecule has 0 unspecified atom stereocenters. The third kappa shape index (κ3) is 2.02. The molecule has 2 N–H and O–H groups in total. The molecule has 0 spiro atoms. The first-order valence-electron chi connectivity index (χ1n) is 2.89. The molecule has 6 heteroatoms. The highest BCUT2D eigenvalue weighted by Crippen LogP contribution is 2.21. The van der Waals surface area contributed by atoms with Gasteiger partial charge in [-0.3, -0.25) is 0 Å². The van der Waals surface area contributed by atoms with Gasteiger partial charge in [-0.1, -0.05) is 0 Å². The second-order valence-corrected chi connectivity index (χ2v) is 4.50. The van der Waals surface area contributed by atoms with Crippen molar-refractivity contribution >= 4 is 26.0 Å². The van der Waals surface area contributed by atoms with E-state index in [1.807, 2.05) is 0 Å². The summed E-state index contributed by atoms with van der Waals surface area (Å²) in [7, 11) is -3.76. The average molecular weight is 254 g/mol. The van der Waals surface area contributed by atoms with Gasteiger partial charge in [0.1, 0.15) is 5.82 Å². The molecular formula is C6H5BrFNO2S. The Bertz CT molecular complexity index is 404. The summed E-state index contributed by atoms with van der Waals surface area (Å²) in [4.78, 5) is -0.121. The molecule has 0 atom stereocenters. The summed E-state index contributed by atoms with van der Waals surface area (Å²) in [6.45, 7) is 0. The molecule has 0 aliphatic carbocycles. The van der Waals surface area contributed by atoms with Crippen LogP contribution in [0.1, 0.15) is 0 Å². The number of sulfonamides is 1. The van der Waals surface area contributed by atoms with Gasteiger partial charge >= 0.3 is 0 Å². The normalized spacial score (nSPS) is 11.6. The van der Waals surface area contributed by atoms with Crippen LogP contribution in [0.25, 0.3) is 0 Å². The highest BCUT2D eigenvalue weighted by Gasteiger charge is 2.12. The number of primary sulfonamides is 1. The Balaban J connectivity index is 3.39. The first kappa shape index (κ1) is 9.63. The van der Waals surface area contributed by atoms with Crippen LogP contribution in [0, 0.1) is 5.82 Å². The second kappa shape index (κ2) is 3.12. The van der Waals surface area contributed by atoms with E-state index in [4.69, 9.17) is 5.14 Å². The lowest BCUT2D eigenvalue weighted by atomic mass is 10.3. The molecule has 3 nitrogen and oxygen atoms in total. The van der Waals surface area contributed by atoms with Crippen LogP contribution in [0.15, 0.2) is 27.6 Å². The molecule has 0 saturated heterocycles. The van der Waals surface area contributed by atoms with E-state index in [0.29, 0.717) is 0 Å². The summed E-state index contributed by atoms with van der Waals surface area (Å²) in [5, 5.41) is 4.83. The van der Waals surface area contributed by atoms with Gasteiger partial charge in [0.15, 0.2) is 0 Å². The number of hydrogen-bond acceptors (Lipinski definition) is 2. The van der Waals surface area contributed by atoms with Crippen LogP contribution >= 0.6 is 15.9 Å². The molecule has 0 heterocycles. The van der Waals surface area contributed by atoms with E-state index in [1.54, 1.807) is 0 Å². The monoisotopic (exact) mass is 253 g/mol. The zero-order valence-corrected chi connectivity index (χ0v) is 8.19. The van der Waals surface area contributed by atoms with Gasteiger partial charge in [-0.05, 0) is 34.1 Å². The molecule has 1 aromatic rings. The van der Waals surface area contributed by atoms with Gasteiger partial charge < -0.3 is 0 Å². The van der Waals surface area contributed by atoms with Crippen molar-refractivity contribution in [3.63, 3.8) is 0 Å². The third-order valence-corrected chi connectivity index (χ3v) is 3.09. The van der Waals surface area contributed by atoms with Crippen molar-refractivity contribution in [1.29, 1.82) is 0 Å².